The summed E-state index contributed by atoms with van der Waals surface area (Å²) in [6.07, 6.45) is 7.10. The zero-order chi connectivity index (χ0) is 15.7. The zero-order valence-electron chi connectivity index (χ0n) is 12.7. The predicted molar refractivity (Wildman–Crippen MR) is 86.0 cm³/mol. The molecule has 0 saturated heterocycles. The maximum Gasteiger partial charge on any atom is 0.407 e. The first kappa shape index (κ1) is 15.3. The summed E-state index contributed by atoms with van der Waals surface area (Å²) in [5.41, 5.74) is 1.99. The summed E-state index contributed by atoms with van der Waals surface area (Å²) in [6.45, 7) is 1.99. The fourth-order valence-corrected chi connectivity index (χ4v) is 3.77. The Hall–Kier alpha value is -1.63. The molecule has 1 fully saturated rings. The number of amides is 1. The number of alkyl carbamates (subject to hydrolysis) is 1. The van der Waals surface area contributed by atoms with Gasteiger partial charge in [0, 0.05) is 25.4 Å². The first-order valence-corrected chi connectivity index (χ1v) is 8.27. The minimum atomic E-state index is -0.348. The minimum Gasteiger partial charge on any atom is -0.446 e. The Morgan fingerprint density at radius 1 is 1.41 bits per heavy atom. The SMILES string of the molecule is CNC(=O)OC1CCC(c2nc(Br)c3c(C)nccn23)CC1. The molecule has 1 aliphatic carbocycles. The van der Waals surface area contributed by atoms with Crippen LogP contribution in [0.3, 0.4) is 0 Å². The molecule has 2 aromatic rings. The lowest BCUT2D eigenvalue weighted by Crippen LogP contribution is -2.29. The number of carbonyl (C=O) groups is 1. The van der Waals surface area contributed by atoms with Gasteiger partial charge in [-0.2, -0.15) is 0 Å². The molecular weight excluding hydrogens is 348 g/mol. The molecule has 2 heterocycles. The molecule has 0 radical (unpaired) electrons. The number of aromatic nitrogens is 3. The van der Waals surface area contributed by atoms with E-state index in [1.54, 1.807) is 13.2 Å². The van der Waals surface area contributed by atoms with Crippen molar-refractivity contribution in [1.29, 1.82) is 0 Å². The number of hydrogen-bond acceptors (Lipinski definition) is 4. The summed E-state index contributed by atoms with van der Waals surface area (Å²) < 4.78 is 8.31. The Labute approximate surface area is 137 Å². The molecule has 6 nitrogen and oxygen atoms in total. The minimum absolute atomic E-state index is 0.00858. The molecular formula is C15H19BrN4O2. The van der Waals surface area contributed by atoms with Gasteiger partial charge in [-0.3, -0.25) is 9.38 Å². The zero-order valence-corrected chi connectivity index (χ0v) is 14.3. The van der Waals surface area contributed by atoms with Crippen LogP contribution in [0.4, 0.5) is 4.79 Å². The van der Waals surface area contributed by atoms with Crippen molar-refractivity contribution in [2.45, 2.75) is 44.6 Å². The molecule has 1 saturated carbocycles. The molecule has 22 heavy (non-hydrogen) atoms. The van der Waals surface area contributed by atoms with Crippen LogP contribution in [0.15, 0.2) is 17.0 Å². The number of nitrogens with one attached hydrogen (secondary N) is 1. The Morgan fingerprint density at radius 2 is 2.14 bits per heavy atom. The van der Waals surface area contributed by atoms with Gasteiger partial charge in [-0.05, 0) is 48.5 Å². The highest BCUT2D eigenvalue weighted by Gasteiger charge is 2.28. The lowest BCUT2D eigenvalue weighted by molar-refractivity contribution is 0.0723. The average molecular weight is 367 g/mol. The number of hydrogen-bond donors (Lipinski definition) is 1. The molecule has 3 rings (SSSR count). The first-order valence-electron chi connectivity index (χ1n) is 7.47. The van der Waals surface area contributed by atoms with Gasteiger partial charge in [0.2, 0.25) is 0 Å². The lowest BCUT2D eigenvalue weighted by atomic mass is 9.87. The third kappa shape index (κ3) is 2.82. The summed E-state index contributed by atoms with van der Waals surface area (Å²) in [5.74, 6) is 1.44. The molecule has 0 aliphatic heterocycles. The van der Waals surface area contributed by atoms with Gasteiger partial charge >= 0.3 is 6.09 Å². The molecule has 0 atom stereocenters. The van der Waals surface area contributed by atoms with Crippen molar-refractivity contribution in [3.8, 4) is 0 Å². The van der Waals surface area contributed by atoms with Crippen LogP contribution in [0.1, 0.15) is 43.1 Å². The summed E-state index contributed by atoms with van der Waals surface area (Å²) in [7, 11) is 1.58. The molecule has 0 unspecified atom stereocenters. The smallest absolute Gasteiger partial charge is 0.407 e. The van der Waals surface area contributed by atoms with E-state index in [-0.39, 0.29) is 12.2 Å². The van der Waals surface area contributed by atoms with Crippen molar-refractivity contribution in [3.63, 3.8) is 0 Å². The van der Waals surface area contributed by atoms with Gasteiger partial charge in [-0.25, -0.2) is 9.78 Å². The second kappa shape index (κ2) is 6.24. The van der Waals surface area contributed by atoms with E-state index < -0.39 is 0 Å². The highest BCUT2D eigenvalue weighted by atomic mass is 79.9. The molecule has 0 spiro atoms. The highest BCUT2D eigenvalue weighted by molar-refractivity contribution is 9.10. The van der Waals surface area contributed by atoms with Gasteiger partial charge in [-0.1, -0.05) is 0 Å². The maximum absolute atomic E-state index is 11.3. The second-order valence-corrected chi connectivity index (χ2v) is 6.37. The standard InChI is InChI=1S/C15H19BrN4O2/c1-9-12-13(16)19-14(20(12)8-7-18-9)10-3-5-11(6-4-10)22-15(21)17-2/h7-8,10-11H,3-6H2,1-2H3,(H,17,21). The van der Waals surface area contributed by atoms with Crippen LogP contribution in [0.25, 0.3) is 5.52 Å². The van der Waals surface area contributed by atoms with Gasteiger partial charge < -0.3 is 10.1 Å². The van der Waals surface area contributed by atoms with E-state index in [1.807, 2.05) is 13.1 Å². The molecule has 118 valence electrons. The summed E-state index contributed by atoms with van der Waals surface area (Å²) >= 11 is 3.54. The van der Waals surface area contributed by atoms with Crippen molar-refractivity contribution in [1.82, 2.24) is 19.7 Å². The average Bonchev–Trinajstić information content (AvgIpc) is 2.86. The fraction of sp³-hybridized carbons (Fsp3) is 0.533. The third-order valence-electron chi connectivity index (χ3n) is 4.24. The number of carbonyl (C=O) groups excluding carboxylic acids is 1. The van der Waals surface area contributed by atoms with Crippen LogP contribution in [0.2, 0.25) is 0 Å². The number of halogens is 1. The van der Waals surface area contributed by atoms with E-state index in [0.29, 0.717) is 5.92 Å². The van der Waals surface area contributed by atoms with Crippen LogP contribution in [0.5, 0.6) is 0 Å². The van der Waals surface area contributed by atoms with E-state index in [9.17, 15) is 4.79 Å². The number of ether oxygens (including phenoxy) is 1. The van der Waals surface area contributed by atoms with E-state index in [0.717, 1.165) is 47.3 Å². The van der Waals surface area contributed by atoms with Gasteiger partial charge in [0.1, 0.15) is 22.0 Å². The van der Waals surface area contributed by atoms with Crippen molar-refractivity contribution >= 4 is 27.5 Å². The number of aryl methyl sites for hydroxylation is 1. The molecule has 0 aromatic carbocycles. The monoisotopic (exact) mass is 366 g/mol. The van der Waals surface area contributed by atoms with Crippen molar-refractivity contribution in [2.75, 3.05) is 7.05 Å². The van der Waals surface area contributed by atoms with E-state index >= 15 is 0 Å². The predicted octanol–water partition coefficient (Wildman–Crippen LogP) is 3.18. The maximum atomic E-state index is 11.3. The van der Waals surface area contributed by atoms with Gasteiger partial charge in [0.25, 0.3) is 0 Å². The van der Waals surface area contributed by atoms with Gasteiger partial charge in [-0.15, -0.1) is 0 Å². The third-order valence-corrected chi connectivity index (χ3v) is 4.79. The summed E-state index contributed by atoms with van der Waals surface area (Å²) in [5, 5.41) is 2.50. The van der Waals surface area contributed by atoms with Crippen molar-refractivity contribution < 1.29 is 9.53 Å². The molecule has 1 N–H and O–H groups in total. The molecule has 7 heteroatoms. The quantitative estimate of drug-likeness (QED) is 0.885. The Morgan fingerprint density at radius 3 is 2.82 bits per heavy atom. The summed E-state index contributed by atoms with van der Waals surface area (Å²) in [6, 6.07) is 0. The molecule has 0 bridgehead atoms. The molecule has 2 aromatic heterocycles. The number of imidazole rings is 1. The van der Waals surface area contributed by atoms with Crippen LogP contribution < -0.4 is 5.32 Å². The highest BCUT2D eigenvalue weighted by Crippen LogP contribution is 2.35. The Bertz CT molecular complexity index is 692. The molecule has 1 amide bonds. The normalized spacial score (nSPS) is 21.8. The molecule has 1 aliphatic rings. The van der Waals surface area contributed by atoms with Gasteiger partial charge in [0.05, 0.1) is 5.69 Å². The topological polar surface area (TPSA) is 68.5 Å². The van der Waals surface area contributed by atoms with Gasteiger partial charge in [0.15, 0.2) is 0 Å². The largest absolute Gasteiger partial charge is 0.446 e. The van der Waals surface area contributed by atoms with Crippen LogP contribution in [-0.2, 0) is 4.74 Å². The van der Waals surface area contributed by atoms with Crippen molar-refractivity contribution in [3.05, 3.63) is 28.5 Å². The number of fused-ring (bicyclic) bond motifs is 1. The van der Waals surface area contributed by atoms with Crippen molar-refractivity contribution in [2.24, 2.45) is 0 Å². The summed E-state index contributed by atoms with van der Waals surface area (Å²) in [4.78, 5) is 20.3. The number of nitrogens with zero attached hydrogens (tertiary/aromatic N) is 3. The van der Waals surface area contributed by atoms with E-state index in [1.165, 1.54) is 0 Å². The fourth-order valence-electron chi connectivity index (χ4n) is 3.11. The Kier molecular flexibility index (Phi) is 4.33. The van der Waals surface area contributed by atoms with E-state index in [2.05, 4.69) is 30.6 Å². The van der Waals surface area contributed by atoms with Crippen LogP contribution in [-0.4, -0.2) is 33.6 Å². The number of rotatable bonds is 2. The second-order valence-electron chi connectivity index (χ2n) is 5.62. The van der Waals surface area contributed by atoms with E-state index in [4.69, 9.17) is 9.72 Å². The first-order chi connectivity index (χ1) is 10.6. The Balaban J connectivity index is 1.77. The van der Waals surface area contributed by atoms with Crippen LogP contribution >= 0.6 is 15.9 Å². The van der Waals surface area contributed by atoms with Crippen LogP contribution in [0, 0.1) is 6.92 Å². The lowest BCUT2D eigenvalue weighted by Gasteiger charge is -2.27.